The maximum atomic E-state index is 11.3. The number of hydrogen-bond donors (Lipinski definition) is 1. The Morgan fingerprint density at radius 2 is 2.18 bits per heavy atom. The van der Waals surface area contributed by atoms with Crippen molar-refractivity contribution >= 4 is 11.6 Å². The first-order valence-electron chi connectivity index (χ1n) is 5.85. The third kappa shape index (κ3) is 3.20. The second-order valence-corrected chi connectivity index (χ2v) is 4.52. The van der Waals surface area contributed by atoms with Crippen molar-refractivity contribution in [3.8, 4) is 5.75 Å². The van der Waals surface area contributed by atoms with Crippen molar-refractivity contribution < 1.29 is 9.53 Å². The highest BCUT2D eigenvalue weighted by Gasteiger charge is 2.14. The van der Waals surface area contributed by atoms with Crippen LogP contribution in [0.3, 0.4) is 0 Å². The lowest BCUT2D eigenvalue weighted by Crippen LogP contribution is -2.20. The van der Waals surface area contributed by atoms with E-state index < -0.39 is 0 Å². The molecule has 2 rings (SSSR count). The van der Waals surface area contributed by atoms with Crippen molar-refractivity contribution in [2.75, 3.05) is 32.6 Å². The van der Waals surface area contributed by atoms with E-state index in [9.17, 15) is 4.79 Å². The zero-order valence-corrected chi connectivity index (χ0v) is 10.3. The topological polar surface area (TPSA) is 41.6 Å². The van der Waals surface area contributed by atoms with E-state index in [-0.39, 0.29) is 5.91 Å². The van der Waals surface area contributed by atoms with Crippen LogP contribution in [0.5, 0.6) is 5.75 Å². The molecule has 1 aromatic rings. The summed E-state index contributed by atoms with van der Waals surface area (Å²) in [6.45, 7) is 1.53. The maximum Gasteiger partial charge on any atom is 0.224 e. The molecule has 0 saturated carbocycles. The minimum Gasteiger partial charge on any atom is -0.492 e. The normalized spacial score (nSPS) is 14.4. The summed E-state index contributed by atoms with van der Waals surface area (Å²) in [4.78, 5) is 13.4. The number of carbonyl (C=O) groups excluding carboxylic acids is 1. The number of hydrogen-bond acceptors (Lipinski definition) is 3. The molecule has 0 unspecified atom stereocenters. The van der Waals surface area contributed by atoms with Crippen LogP contribution < -0.4 is 10.1 Å². The highest BCUT2D eigenvalue weighted by atomic mass is 16.5. The van der Waals surface area contributed by atoms with Crippen molar-refractivity contribution in [2.24, 2.45) is 0 Å². The summed E-state index contributed by atoms with van der Waals surface area (Å²) < 4.78 is 5.63. The quantitative estimate of drug-likeness (QED) is 0.858. The molecular weight excluding hydrogens is 216 g/mol. The van der Waals surface area contributed by atoms with Gasteiger partial charge in [-0.05, 0) is 32.1 Å². The second-order valence-electron chi connectivity index (χ2n) is 4.52. The number of nitrogens with zero attached hydrogens (tertiary/aromatic N) is 1. The van der Waals surface area contributed by atoms with Crippen LogP contribution in [0.15, 0.2) is 18.2 Å². The largest absolute Gasteiger partial charge is 0.492 e. The molecule has 0 atom stereocenters. The Morgan fingerprint density at radius 1 is 1.35 bits per heavy atom. The van der Waals surface area contributed by atoms with E-state index in [0.717, 1.165) is 24.4 Å². The van der Waals surface area contributed by atoms with Crippen molar-refractivity contribution in [1.29, 1.82) is 0 Å². The minimum atomic E-state index is 0.0861. The van der Waals surface area contributed by atoms with Crippen LogP contribution in [0.1, 0.15) is 12.0 Å². The minimum absolute atomic E-state index is 0.0861. The standard InChI is InChI=1S/C13H18N2O2/c1-15(2)7-8-17-11-5-3-10-4-6-13(16)14-12(10)9-11/h3,5,9H,4,6-8H2,1-2H3,(H,14,16). The van der Waals surface area contributed by atoms with Gasteiger partial charge in [-0.2, -0.15) is 0 Å². The van der Waals surface area contributed by atoms with Gasteiger partial charge in [0.15, 0.2) is 0 Å². The molecule has 1 heterocycles. The van der Waals surface area contributed by atoms with Crippen LogP contribution in [0.4, 0.5) is 5.69 Å². The average Bonchev–Trinajstić information content (AvgIpc) is 2.28. The third-order valence-corrected chi connectivity index (χ3v) is 2.78. The SMILES string of the molecule is CN(C)CCOc1ccc2c(c1)NC(=O)CC2. The lowest BCUT2D eigenvalue weighted by atomic mass is 10.0. The van der Waals surface area contributed by atoms with Crippen LogP contribution in [-0.2, 0) is 11.2 Å². The molecule has 0 spiro atoms. The van der Waals surface area contributed by atoms with Gasteiger partial charge in [0.05, 0.1) is 0 Å². The average molecular weight is 234 g/mol. The number of amides is 1. The van der Waals surface area contributed by atoms with E-state index in [4.69, 9.17) is 4.74 Å². The Morgan fingerprint density at radius 3 is 2.94 bits per heavy atom. The molecule has 17 heavy (non-hydrogen) atoms. The monoisotopic (exact) mass is 234 g/mol. The molecule has 1 N–H and O–H groups in total. The van der Waals surface area contributed by atoms with E-state index in [0.29, 0.717) is 13.0 Å². The number of rotatable bonds is 4. The molecule has 92 valence electrons. The van der Waals surface area contributed by atoms with E-state index in [1.807, 2.05) is 32.3 Å². The van der Waals surface area contributed by atoms with Gasteiger partial charge in [0.2, 0.25) is 5.91 Å². The first-order chi connectivity index (χ1) is 8.15. The number of fused-ring (bicyclic) bond motifs is 1. The molecule has 1 aliphatic heterocycles. The summed E-state index contributed by atoms with van der Waals surface area (Å²) in [5, 5.41) is 2.87. The zero-order chi connectivity index (χ0) is 12.3. The highest BCUT2D eigenvalue weighted by Crippen LogP contribution is 2.26. The molecule has 0 radical (unpaired) electrons. The summed E-state index contributed by atoms with van der Waals surface area (Å²) in [6, 6.07) is 5.90. The van der Waals surface area contributed by atoms with Crippen LogP contribution in [-0.4, -0.2) is 38.1 Å². The zero-order valence-electron chi connectivity index (χ0n) is 10.3. The van der Waals surface area contributed by atoms with Crippen LogP contribution in [0.25, 0.3) is 0 Å². The number of nitrogens with one attached hydrogen (secondary N) is 1. The molecule has 0 saturated heterocycles. The van der Waals surface area contributed by atoms with E-state index in [2.05, 4.69) is 10.2 Å². The fourth-order valence-electron chi connectivity index (χ4n) is 1.79. The fourth-order valence-corrected chi connectivity index (χ4v) is 1.79. The summed E-state index contributed by atoms with van der Waals surface area (Å²) in [6.07, 6.45) is 1.40. The van der Waals surface area contributed by atoms with Gasteiger partial charge in [0, 0.05) is 24.7 Å². The van der Waals surface area contributed by atoms with Crippen molar-refractivity contribution in [3.05, 3.63) is 23.8 Å². The number of aryl methyl sites for hydroxylation is 1. The number of anilines is 1. The Kier molecular flexibility index (Phi) is 3.64. The Labute approximate surface area is 102 Å². The van der Waals surface area contributed by atoms with Gasteiger partial charge in [-0.3, -0.25) is 4.79 Å². The van der Waals surface area contributed by atoms with Gasteiger partial charge in [-0.25, -0.2) is 0 Å². The van der Waals surface area contributed by atoms with E-state index in [1.165, 1.54) is 5.56 Å². The lowest BCUT2D eigenvalue weighted by molar-refractivity contribution is -0.116. The summed E-state index contributed by atoms with van der Waals surface area (Å²) >= 11 is 0. The first-order valence-corrected chi connectivity index (χ1v) is 5.85. The predicted molar refractivity (Wildman–Crippen MR) is 67.4 cm³/mol. The lowest BCUT2D eigenvalue weighted by Gasteiger charge is -2.18. The Balaban J connectivity index is 2.00. The number of benzene rings is 1. The number of likely N-dealkylation sites (N-methyl/N-ethyl adjacent to an activating group) is 1. The van der Waals surface area contributed by atoms with Gasteiger partial charge in [-0.1, -0.05) is 6.07 Å². The summed E-state index contributed by atoms with van der Waals surface area (Å²) in [5.74, 6) is 0.899. The van der Waals surface area contributed by atoms with Crippen LogP contribution in [0.2, 0.25) is 0 Å². The molecule has 0 aromatic heterocycles. The summed E-state index contributed by atoms with van der Waals surface area (Å²) in [7, 11) is 4.02. The van der Waals surface area contributed by atoms with Crippen molar-refractivity contribution in [1.82, 2.24) is 4.90 Å². The van der Waals surface area contributed by atoms with Crippen molar-refractivity contribution in [3.63, 3.8) is 0 Å². The van der Waals surface area contributed by atoms with E-state index >= 15 is 0 Å². The first kappa shape index (κ1) is 11.9. The van der Waals surface area contributed by atoms with Crippen LogP contribution in [0, 0.1) is 0 Å². The number of ether oxygens (including phenoxy) is 1. The molecule has 1 amide bonds. The highest BCUT2D eigenvalue weighted by molar-refractivity contribution is 5.94. The molecule has 4 nitrogen and oxygen atoms in total. The van der Waals surface area contributed by atoms with Crippen molar-refractivity contribution in [2.45, 2.75) is 12.8 Å². The number of carbonyl (C=O) groups is 1. The summed E-state index contributed by atoms with van der Waals surface area (Å²) in [5.41, 5.74) is 2.08. The molecular formula is C13H18N2O2. The van der Waals surface area contributed by atoms with E-state index in [1.54, 1.807) is 0 Å². The Bertz CT molecular complexity index is 416. The van der Waals surface area contributed by atoms with Gasteiger partial charge in [-0.15, -0.1) is 0 Å². The molecule has 0 fully saturated rings. The second kappa shape index (κ2) is 5.19. The van der Waals surface area contributed by atoms with Gasteiger partial charge >= 0.3 is 0 Å². The molecule has 0 aliphatic carbocycles. The van der Waals surface area contributed by atoms with Gasteiger partial charge in [0.1, 0.15) is 12.4 Å². The van der Waals surface area contributed by atoms with Gasteiger partial charge < -0.3 is 15.0 Å². The fraction of sp³-hybridized carbons (Fsp3) is 0.462. The smallest absolute Gasteiger partial charge is 0.224 e. The Hall–Kier alpha value is -1.55. The maximum absolute atomic E-state index is 11.3. The molecule has 1 aliphatic rings. The predicted octanol–water partition coefficient (Wildman–Crippen LogP) is 1.51. The molecule has 4 heteroatoms. The molecule has 0 bridgehead atoms. The van der Waals surface area contributed by atoms with Crippen LogP contribution >= 0.6 is 0 Å². The van der Waals surface area contributed by atoms with Gasteiger partial charge in [0.25, 0.3) is 0 Å². The molecule has 1 aromatic carbocycles. The third-order valence-electron chi connectivity index (χ3n) is 2.78.